The summed E-state index contributed by atoms with van der Waals surface area (Å²) in [6, 6.07) is 7.05. The number of allylic oxidation sites excluding steroid dienone is 6. The molecule has 0 saturated carbocycles. The van der Waals surface area contributed by atoms with Crippen LogP contribution in [0.2, 0.25) is 0 Å². The van der Waals surface area contributed by atoms with E-state index >= 15 is 0 Å². The molecule has 0 saturated heterocycles. The van der Waals surface area contributed by atoms with Crippen LogP contribution in [-0.2, 0) is 14.6 Å². The van der Waals surface area contributed by atoms with Crippen LogP contribution in [0.3, 0.4) is 0 Å². The second kappa shape index (κ2) is 8.23. The number of nitrogens with zero attached hydrogens (tertiary/aromatic N) is 1. The number of aryl methyl sites for hydroxylation is 1. The number of hydrogen-bond donors (Lipinski definition) is 0. The fraction of sp³-hybridized carbons (Fsp3) is 0.500. The summed E-state index contributed by atoms with van der Waals surface area (Å²) in [5, 5.41) is -0.718. The summed E-state index contributed by atoms with van der Waals surface area (Å²) >= 11 is 0. The zero-order chi connectivity index (χ0) is 25.2. The first kappa shape index (κ1) is 24.1. The molecule has 6 atom stereocenters. The van der Waals surface area contributed by atoms with Gasteiger partial charge in [0, 0.05) is 23.3 Å². The van der Waals surface area contributed by atoms with Crippen molar-refractivity contribution in [2.75, 3.05) is 7.11 Å². The Bertz CT molecular complexity index is 1320. The van der Waals surface area contributed by atoms with Crippen LogP contribution in [0.15, 0.2) is 75.9 Å². The zero-order valence-electron chi connectivity index (χ0n) is 21.3. The average molecular weight is 490 g/mol. The largest absolute Gasteiger partial charge is 0.500 e. The van der Waals surface area contributed by atoms with Crippen molar-refractivity contribution in [1.29, 1.82) is 0 Å². The van der Waals surface area contributed by atoms with Gasteiger partial charge >= 0.3 is 0 Å². The molecule has 2 unspecified atom stereocenters. The molecular weight excluding hydrogens is 454 g/mol. The Morgan fingerprint density at radius 3 is 2.49 bits per heavy atom. The number of ether oxygens (including phenoxy) is 1. The smallest absolute Gasteiger partial charge is 0.242 e. The van der Waals surface area contributed by atoms with Gasteiger partial charge in [0.1, 0.15) is 11.0 Å². The minimum atomic E-state index is -3.61. The highest BCUT2D eigenvalue weighted by atomic mass is 32.2. The van der Waals surface area contributed by atoms with E-state index in [1.54, 1.807) is 19.2 Å². The molecule has 0 fully saturated rings. The van der Waals surface area contributed by atoms with Gasteiger partial charge in [-0.15, -0.1) is 0 Å². The minimum Gasteiger partial charge on any atom is -0.500 e. The van der Waals surface area contributed by atoms with Gasteiger partial charge in [0.25, 0.3) is 0 Å². The van der Waals surface area contributed by atoms with Gasteiger partial charge in [-0.05, 0) is 68.2 Å². The van der Waals surface area contributed by atoms with E-state index in [1.807, 2.05) is 32.1 Å². The lowest BCUT2D eigenvalue weighted by molar-refractivity contribution is 0.149. The van der Waals surface area contributed by atoms with Crippen LogP contribution in [0.1, 0.15) is 52.0 Å². The number of rotatable bonds is 4. The summed E-state index contributed by atoms with van der Waals surface area (Å²) in [5.74, 6) is 1.36. The van der Waals surface area contributed by atoms with Crippen molar-refractivity contribution < 1.29 is 13.2 Å². The highest BCUT2D eigenvalue weighted by Gasteiger charge is 2.56. The minimum absolute atomic E-state index is 0.00933. The predicted octanol–water partition coefficient (Wildman–Crippen LogP) is 6.61. The van der Waals surface area contributed by atoms with Crippen molar-refractivity contribution in [2.45, 2.75) is 69.6 Å². The van der Waals surface area contributed by atoms with Crippen LogP contribution in [0.5, 0.6) is 0 Å². The Hall–Kier alpha value is -2.58. The fourth-order valence-electron chi connectivity index (χ4n) is 7.33. The van der Waals surface area contributed by atoms with Gasteiger partial charge in [0.15, 0.2) is 9.84 Å². The molecule has 184 valence electrons. The Morgan fingerprint density at radius 1 is 1.11 bits per heavy atom. The standard InChI is InChI=1S/C30H35NO3S/c1-19-7-10-22(11-8-19)35(32,33)28-18-30(4)21(17-27(28)34-6)9-12-23-25-14-13-24(20(2)31-5)29(25,3)16-15-26(23)30/h7-11,13,15,17,20,23,25,28H,12,14,16,18H2,1-4,6H3/t20?,23-,25-,28?,29+,30-/m0/s1. The Kier molecular flexibility index (Phi) is 5.68. The SMILES string of the molecule is [C-]#[N+]C(C)C1=CC[C@H]2[C@@H]3CC=C4C=C(OC)C(S(=O)(=O)c5ccc(C)cc5)C[C@]4(C)C3=CC[C@]12C. The number of sulfone groups is 1. The molecule has 4 aliphatic carbocycles. The molecule has 4 nitrogen and oxygen atoms in total. The summed E-state index contributed by atoms with van der Waals surface area (Å²) in [6.45, 7) is 16.1. The average Bonchev–Trinajstić information content (AvgIpc) is 3.20. The normalized spacial score (nSPS) is 34.7. The maximum absolute atomic E-state index is 13.8. The summed E-state index contributed by atoms with van der Waals surface area (Å²) < 4.78 is 33.4. The molecular formula is C30H35NO3S. The molecule has 1 aromatic rings. The van der Waals surface area contributed by atoms with Crippen LogP contribution in [-0.4, -0.2) is 26.8 Å². The number of benzene rings is 1. The van der Waals surface area contributed by atoms with Gasteiger partial charge in [-0.25, -0.2) is 15.0 Å². The molecule has 0 amide bonds. The van der Waals surface area contributed by atoms with Crippen molar-refractivity contribution in [1.82, 2.24) is 0 Å². The van der Waals surface area contributed by atoms with Gasteiger partial charge in [0.2, 0.25) is 6.04 Å². The molecule has 0 spiro atoms. The van der Waals surface area contributed by atoms with E-state index in [-0.39, 0.29) is 16.9 Å². The molecule has 0 aliphatic heterocycles. The van der Waals surface area contributed by atoms with Gasteiger partial charge in [0.05, 0.1) is 12.0 Å². The molecule has 0 heterocycles. The Balaban J connectivity index is 1.55. The Morgan fingerprint density at radius 2 is 1.83 bits per heavy atom. The second-order valence-corrected chi connectivity index (χ2v) is 13.4. The van der Waals surface area contributed by atoms with E-state index in [1.165, 1.54) is 16.7 Å². The number of hydrogen-bond acceptors (Lipinski definition) is 3. The van der Waals surface area contributed by atoms with Crippen molar-refractivity contribution in [3.63, 3.8) is 0 Å². The van der Waals surface area contributed by atoms with Gasteiger partial charge in [-0.3, -0.25) is 0 Å². The van der Waals surface area contributed by atoms with Crippen molar-refractivity contribution >= 4 is 9.84 Å². The third-order valence-electron chi connectivity index (χ3n) is 9.38. The quantitative estimate of drug-likeness (QED) is 0.353. The molecule has 35 heavy (non-hydrogen) atoms. The van der Waals surface area contributed by atoms with Gasteiger partial charge in [-0.2, -0.15) is 0 Å². The molecule has 5 heteroatoms. The molecule has 4 aliphatic rings. The number of fused-ring (bicyclic) bond motifs is 5. The first-order valence-electron chi connectivity index (χ1n) is 12.6. The first-order chi connectivity index (χ1) is 16.6. The summed E-state index contributed by atoms with van der Waals surface area (Å²) in [6.07, 6.45) is 12.4. The summed E-state index contributed by atoms with van der Waals surface area (Å²) in [7, 11) is -2.03. The van der Waals surface area contributed by atoms with E-state index in [0.717, 1.165) is 24.8 Å². The predicted molar refractivity (Wildman–Crippen MR) is 139 cm³/mol. The van der Waals surface area contributed by atoms with Gasteiger partial charge in [-0.1, -0.05) is 55.3 Å². The van der Waals surface area contributed by atoms with E-state index in [4.69, 9.17) is 11.3 Å². The highest BCUT2D eigenvalue weighted by molar-refractivity contribution is 7.92. The van der Waals surface area contributed by atoms with Crippen LogP contribution >= 0.6 is 0 Å². The molecule has 0 radical (unpaired) electrons. The van der Waals surface area contributed by atoms with Crippen LogP contribution in [0, 0.1) is 36.2 Å². The summed E-state index contributed by atoms with van der Waals surface area (Å²) in [5.41, 5.74) is 4.56. The first-order valence-corrected chi connectivity index (χ1v) is 14.2. The maximum Gasteiger partial charge on any atom is 0.242 e. The molecule has 0 N–H and O–H groups in total. The Labute approximate surface area is 210 Å². The third kappa shape index (κ3) is 3.48. The third-order valence-corrected chi connectivity index (χ3v) is 11.5. The summed E-state index contributed by atoms with van der Waals surface area (Å²) in [4.78, 5) is 4.19. The van der Waals surface area contributed by atoms with Crippen LogP contribution < -0.4 is 0 Å². The molecule has 0 aromatic heterocycles. The van der Waals surface area contributed by atoms with E-state index in [2.05, 4.69) is 36.9 Å². The number of methoxy groups -OCH3 is 1. The highest BCUT2D eigenvalue weighted by Crippen LogP contribution is 2.63. The van der Waals surface area contributed by atoms with Crippen LogP contribution in [0.25, 0.3) is 4.85 Å². The van der Waals surface area contributed by atoms with E-state index < -0.39 is 15.1 Å². The fourth-order valence-corrected chi connectivity index (χ4v) is 9.20. The van der Waals surface area contributed by atoms with E-state index in [0.29, 0.717) is 28.9 Å². The lowest BCUT2D eigenvalue weighted by Crippen LogP contribution is -2.46. The van der Waals surface area contributed by atoms with Gasteiger partial charge < -0.3 is 9.58 Å². The molecule has 5 rings (SSSR count). The van der Waals surface area contributed by atoms with Crippen LogP contribution in [0.4, 0.5) is 0 Å². The molecule has 1 aromatic carbocycles. The van der Waals surface area contributed by atoms with Crippen molar-refractivity contribution in [3.8, 4) is 0 Å². The maximum atomic E-state index is 13.8. The van der Waals surface area contributed by atoms with E-state index in [9.17, 15) is 8.42 Å². The zero-order valence-corrected chi connectivity index (χ0v) is 22.2. The second-order valence-electron chi connectivity index (χ2n) is 11.2. The van der Waals surface area contributed by atoms with Crippen molar-refractivity contribution in [2.24, 2.45) is 22.7 Å². The topological polar surface area (TPSA) is 47.7 Å². The molecule has 0 bridgehead atoms. The van der Waals surface area contributed by atoms with Crippen molar-refractivity contribution in [3.05, 3.63) is 88.0 Å². The lowest BCUT2D eigenvalue weighted by atomic mass is 9.52. The monoisotopic (exact) mass is 489 g/mol. The lowest BCUT2D eigenvalue weighted by Gasteiger charge is -2.52.